The summed E-state index contributed by atoms with van der Waals surface area (Å²) in [5.41, 5.74) is 0. The van der Waals surface area contributed by atoms with Crippen molar-refractivity contribution >= 4 is 32.7 Å². The second-order valence-corrected chi connectivity index (χ2v) is 4.51. The number of rotatable bonds is 4. The summed E-state index contributed by atoms with van der Waals surface area (Å²) in [4.78, 5) is 0. The molecule has 0 heterocycles. The molecule has 68 valence electrons. The zero-order valence-electron chi connectivity index (χ0n) is 4.75. The highest BCUT2D eigenvalue weighted by Gasteiger charge is 2.14. The zero-order chi connectivity index (χ0) is 9.07. The molecule has 11 heteroatoms. The molecule has 0 rings (SSSR count). The summed E-state index contributed by atoms with van der Waals surface area (Å²) in [5.74, 6) is 0. The van der Waals surface area contributed by atoms with Crippen molar-refractivity contribution in [3.8, 4) is 0 Å². The summed E-state index contributed by atoms with van der Waals surface area (Å²) >= 11 is -5.59. The van der Waals surface area contributed by atoms with Gasteiger partial charge in [-0.2, -0.15) is 8.42 Å². The molecule has 0 aromatic heterocycles. The number of hydrogen-bond donors (Lipinski definition) is 4. The minimum atomic E-state index is -4.38. The molecule has 0 fully saturated rings. The maximum absolute atomic E-state index is 10.3. The van der Waals surface area contributed by atoms with Crippen LogP contribution in [0.15, 0.2) is 0 Å². The Morgan fingerprint density at radius 2 is 1.27 bits per heavy atom. The van der Waals surface area contributed by atoms with Crippen molar-refractivity contribution in [1.82, 2.24) is 8.25 Å². The molecular weight excluding hydrogens is 220 g/mol. The molecule has 0 radical (unpaired) electrons. The van der Waals surface area contributed by atoms with Crippen molar-refractivity contribution in [2.75, 3.05) is 0 Å². The van der Waals surface area contributed by atoms with Gasteiger partial charge in [0, 0.05) is 0 Å². The maximum atomic E-state index is 10.3. The lowest BCUT2D eigenvalue weighted by molar-refractivity contribution is 0.546. The van der Waals surface area contributed by atoms with E-state index >= 15 is 0 Å². The van der Waals surface area contributed by atoms with E-state index in [-0.39, 0.29) is 0 Å². The Hall–Kier alpha value is 0.0900. The third kappa shape index (κ3) is 6.49. The summed E-state index contributed by atoms with van der Waals surface area (Å²) in [7, 11) is -4.38. The SMILES string of the molecule is O=S(O)NS(=O)(=O)NS(=O)O. The average molecular weight is 224 g/mol. The van der Waals surface area contributed by atoms with E-state index in [0.717, 1.165) is 8.25 Å². The summed E-state index contributed by atoms with van der Waals surface area (Å²) in [6.45, 7) is 0. The summed E-state index contributed by atoms with van der Waals surface area (Å²) in [6, 6.07) is 0. The van der Waals surface area contributed by atoms with Gasteiger partial charge in [0.2, 0.25) is 22.5 Å². The molecule has 0 spiro atoms. The molecule has 2 unspecified atom stereocenters. The summed E-state index contributed by atoms with van der Waals surface area (Å²) < 4.78 is 58.3. The smallest absolute Gasteiger partial charge is 0.293 e. The highest BCUT2D eigenvalue weighted by Crippen LogP contribution is 1.78. The van der Waals surface area contributed by atoms with Crippen LogP contribution in [0, 0.1) is 0 Å². The first-order valence-corrected chi connectivity index (χ1v) is 5.54. The zero-order valence-corrected chi connectivity index (χ0v) is 7.20. The van der Waals surface area contributed by atoms with Crippen molar-refractivity contribution in [3.05, 3.63) is 0 Å². The first-order chi connectivity index (χ1) is 4.83. The fourth-order valence-corrected chi connectivity index (χ4v) is 2.15. The molecule has 0 aliphatic rings. The van der Waals surface area contributed by atoms with Gasteiger partial charge < -0.3 is 0 Å². The Morgan fingerprint density at radius 1 is 1.00 bits per heavy atom. The first kappa shape index (κ1) is 11.1. The maximum Gasteiger partial charge on any atom is 0.303 e. The lowest BCUT2D eigenvalue weighted by Crippen LogP contribution is -2.38. The van der Waals surface area contributed by atoms with Gasteiger partial charge in [-0.15, -0.1) is 0 Å². The quantitative estimate of drug-likeness (QED) is 0.396. The molecule has 0 bridgehead atoms. The lowest BCUT2D eigenvalue weighted by atomic mass is 13.8. The highest BCUT2D eigenvalue weighted by molar-refractivity contribution is 8.04. The monoisotopic (exact) mass is 224 g/mol. The van der Waals surface area contributed by atoms with E-state index in [4.69, 9.17) is 9.11 Å². The van der Waals surface area contributed by atoms with Crippen LogP contribution in [-0.4, -0.2) is 25.9 Å². The fraction of sp³-hybridized carbons (Fsp3) is 0. The largest absolute Gasteiger partial charge is 0.303 e. The predicted molar refractivity (Wildman–Crippen MR) is 36.7 cm³/mol. The fourth-order valence-electron chi connectivity index (χ4n) is 0.205. The first-order valence-electron chi connectivity index (χ1n) is 1.85. The molecule has 11 heavy (non-hydrogen) atoms. The standard InChI is InChI=1S/H4N2O6S3/c3-9(4)1-11(7,8)2-10(5)6/h1-2H,(H,3,4)(H,5,6). The van der Waals surface area contributed by atoms with Gasteiger partial charge in [-0.3, -0.25) is 9.11 Å². The second kappa shape index (κ2) is 4.20. The van der Waals surface area contributed by atoms with Crippen LogP contribution in [0.3, 0.4) is 0 Å². The highest BCUT2D eigenvalue weighted by atomic mass is 32.3. The van der Waals surface area contributed by atoms with E-state index < -0.39 is 32.7 Å². The van der Waals surface area contributed by atoms with Gasteiger partial charge in [0.25, 0.3) is 0 Å². The van der Waals surface area contributed by atoms with Gasteiger partial charge in [-0.1, -0.05) is 8.25 Å². The van der Waals surface area contributed by atoms with Crippen LogP contribution >= 0.6 is 0 Å². The Labute approximate surface area is 67.4 Å². The van der Waals surface area contributed by atoms with E-state index in [1.807, 2.05) is 0 Å². The van der Waals surface area contributed by atoms with Crippen molar-refractivity contribution in [2.24, 2.45) is 0 Å². The van der Waals surface area contributed by atoms with Crippen LogP contribution in [0.4, 0.5) is 0 Å². The number of nitrogens with one attached hydrogen (secondary N) is 2. The van der Waals surface area contributed by atoms with E-state index in [9.17, 15) is 16.8 Å². The average Bonchev–Trinajstić information content (AvgIpc) is 1.53. The van der Waals surface area contributed by atoms with Gasteiger partial charge in [-0.25, -0.2) is 8.42 Å². The molecule has 0 amide bonds. The van der Waals surface area contributed by atoms with Crippen LogP contribution in [0.1, 0.15) is 0 Å². The van der Waals surface area contributed by atoms with Gasteiger partial charge in [0.1, 0.15) is 0 Å². The lowest BCUT2D eigenvalue weighted by Gasteiger charge is -1.98. The molecular formula is H4N2O6S3. The van der Waals surface area contributed by atoms with Crippen molar-refractivity contribution in [3.63, 3.8) is 0 Å². The van der Waals surface area contributed by atoms with Crippen LogP contribution < -0.4 is 8.25 Å². The minimum Gasteiger partial charge on any atom is -0.293 e. The van der Waals surface area contributed by atoms with E-state index in [1.165, 1.54) is 0 Å². The van der Waals surface area contributed by atoms with Gasteiger partial charge >= 0.3 is 10.2 Å². The van der Waals surface area contributed by atoms with Crippen LogP contribution in [0.25, 0.3) is 0 Å². The summed E-state index contributed by atoms with van der Waals surface area (Å²) in [5, 5.41) is 0. The normalized spacial score (nSPS) is 17.6. The molecule has 0 saturated heterocycles. The third-order valence-electron chi connectivity index (χ3n) is 0.362. The van der Waals surface area contributed by atoms with Crippen LogP contribution in [0.2, 0.25) is 0 Å². The van der Waals surface area contributed by atoms with Crippen molar-refractivity contribution in [1.29, 1.82) is 0 Å². The third-order valence-corrected chi connectivity index (χ3v) is 3.26. The van der Waals surface area contributed by atoms with E-state index in [2.05, 4.69) is 0 Å². The van der Waals surface area contributed by atoms with E-state index in [0.29, 0.717) is 0 Å². The Morgan fingerprint density at radius 3 is 1.45 bits per heavy atom. The molecule has 0 aliphatic carbocycles. The summed E-state index contributed by atoms with van der Waals surface area (Å²) in [6.07, 6.45) is 0. The molecule has 0 aromatic carbocycles. The topological polar surface area (TPSA) is 133 Å². The van der Waals surface area contributed by atoms with Crippen LogP contribution in [0.5, 0.6) is 0 Å². The molecule has 8 nitrogen and oxygen atoms in total. The predicted octanol–water partition coefficient (Wildman–Crippen LogP) is -2.32. The molecule has 0 aliphatic heterocycles. The van der Waals surface area contributed by atoms with Gasteiger partial charge in [-0.05, 0) is 0 Å². The van der Waals surface area contributed by atoms with Crippen LogP contribution in [-0.2, 0) is 32.7 Å². The molecule has 0 aromatic rings. The van der Waals surface area contributed by atoms with Crippen molar-refractivity contribution in [2.45, 2.75) is 0 Å². The second-order valence-electron chi connectivity index (χ2n) is 1.17. The minimum absolute atomic E-state index is 1.09. The number of hydrogen-bond acceptors (Lipinski definition) is 4. The van der Waals surface area contributed by atoms with Gasteiger partial charge in [0.05, 0.1) is 0 Å². The molecule has 0 saturated carbocycles. The Bertz CT molecular complexity index is 242. The molecule has 2 atom stereocenters. The van der Waals surface area contributed by atoms with Gasteiger partial charge in [0.15, 0.2) is 0 Å². The Kier molecular flexibility index (Phi) is 4.23. The Balaban J connectivity index is 4.25. The van der Waals surface area contributed by atoms with Crippen molar-refractivity contribution < 1.29 is 25.9 Å². The molecule has 4 N–H and O–H groups in total. The van der Waals surface area contributed by atoms with E-state index in [1.54, 1.807) is 0 Å².